The van der Waals surface area contributed by atoms with E-state index in [2.05, 4.69) is 35.1 Å². The zero-order chi connectivity index (χ0) is 15.6. The Kier molecular flexibility index (Phi) is 12.5. The number of nitrogens with zero attached hydrogens (tertiary/aromatic N) is 1. The third-order valence-electron chi connectivity index (χ3n) is 2.23. The van der Waals surface area contributed by atoms with Gasteiger partial charge in [0.2, 0.25) is 0 Å². The predicted molar refractivity (Wildman–Crippen MR) is 91.5 cm³/mol. The Morgan fingerprint density at radius 2 is 1.79 bits per heavy atom. The van der Waals surface area contributed by atoms with Crippen LogP contribution in [0.25, 0.3) is 0 Å². The van der Waals surface area contributed by atoms with Crippen molar-refractivity contribution in [3.8, 4) is 0 Å². The zero-order valence-electron chi connectivity index (χ0n) is 13.3. The fourth-order valence-electron chi connectivity index (χ4n) is 1.32. The predicted octanol–water partition coefficient (Wildman–Crippen LogP) is 4.92. The third kappa shape index (κ3) is 10.7. The van der Waals surface area contributed by atoms with Crippen LogP contribution in [-0.4, -0.2) is 36.3 Å². The molecular formula is C13H28INO3S. The second-order valence-electron chi connectivity index (χ2n) is 5.25. The summed E-state index contributed by atoms with van der Waals surface area (Å²) < 4.78 is 10.6. The van der Waals surface area contributed by atoms with Crippen molar-refractivity contribution in [3.05, 3.63) is 0 Å². The van der Waals surface area contributed by atoms with Crippen LogP contribution in [-0.2, 0) is 8.92 Å². The Morgan fingerprint density at radius 3 is 2.11 bits per heavy atom. The number of halogens is 1. The summed E-state index contributed by atoms with van der Waals surface area (Å²) in [7, 11) is 3.03. The van der Waals surface area contributed by atoms with Crippen LogP contribution in [0.5, 0.6) is 0 Å². The summed E-state index contributed by atoms with van der Waals surface area (Å²) in [4.78, 5) is 13.5. The van der Waals surface area contributed by atoms with E-state index in [0.29, 0.717) is 12.5 Å². The van der Waals surface area contributed by atoms with Gasteiger partial charge in [-0.05, 0) is 26.7 Å². The van der Waals surface area contributed by atoms with Crippen molar-refractivity contribution in [2.24, 2.45) is 5.92 Å². The number of carbonyl (C=O) groups excluding carboxylic acids is 1. The summed E-state index contributed by atoms with van der Waals surface area (Å²) >= 11 is 2.07. The molecule has 0 N–H and O–H groups in total. The number of likely N-dealkylation sites (N-methyl/N-ethyl adjacent to an activating group) is 1. The van der Waals surface area contributed by atoms with Gasteiger partial charge in [0.1, 0.15) is 5.60 Å². The Balaban J connectivity index is 0. The van der Waals surface area contributed by atoms with Gasteiger partial charge in [0, 0.05) is 28.3 Å². The first-order chi connectivity index (χ1) is 8.69. The molecule has 19 heavy (non-hydrogen) atoms. The van der Waals surface area contributed by atoms with Crippen LogP contribution < -0.4 is 0 Å². The molecule has 0 aromatic heterocycles. The fourth-order valence-corrected chi connectivity index (χ4v) is 1.95. The molecule has 0 aliphatic heterocycles. The standard InChI is InChI=1S/C11H22INO3S.C2H6/c1-8(2)9(7-15-17-12)13(6)10(14)16-11(3,4)5;1-2/h8-9H,7H2,1-6H3;1-2H3. The highest BCUT2D eigenvalue weighted by atomic mass is 127. The molecule has 0 aliphatic carbocycles. The third-order valence-corrected chi connectivity index (χ3v) is 3.22. The average molecular weight is 405 g/mol. The van der Waals surface area contributed by atoms with E-state index in [4.69, 9.17) is 8.92 Å². The Labute approximate surface area is 134 Å². The molecule has 0 fully saturated rings. The molecule has 0 aromatic rings. The van der Waals surface area contributed by atoms with Crippen molar-refractivity contribution in [2.45, 2.75) is 60.1 Å². The lowest BCUT2D eigenvalue weighted by atomic mass is 10.0. The number of hydrogen-bond donors (Lipinski definition) is 0. The lowest BCUT2D eigenvalue weighted by molar-refractivity contribution is 0.0131. The van der Waals surface area contributed by atoms with Crippen LogP contribution in [0.1, 0.15) is 48.5 Å². The lowest BCUT2D eigenvalue weighted by Gasteiger charge is -2.32. The van der Waals surface area contributed by atoms with Crippen LogP contribution in [0.3, 0.4) is 0 Å². The minimum Gasteiger partial charge on any atom is -0.444 e. The normalized spacial score (nSPS) is 12.5. The maximum Gasteiger partial charge on any atom is 0.410 e. The lowest BCUT2D eigenvalue weighted by Crippen LogP contribution is -2.45. The van der Waals surface area contributed by atoms with Gasteiger partial charge in [-0.2, -0.15) is 0 Å². The molecule has 0 radical (unpaired) electrons. The maximum absolute atomic E-state index is 11.9. The van der Waals surface area contributed by atoms with E-state index in [0.717, 1.165) is 0 Å². The van der Waals surface area contributed by atoms with Crippen molar-refractivity contribution in [2.75, 3.05) is 13.7 Å². The summed E-state index contributed by atoms with van der Waals surface area (Å²) in [6.45, 7) is 14.2. The summed E-state index contributed by atoms with van der Waals surface area (Å²) in [5.41, 5.74) is -0.467. The Morgan fingerprint density at radius 1 is 1.32 bits per heavy atom. The largest absolute Gasteiger partial charge is 0.444 e. The van der Waals surface area contributed by atoms with Crippen LogP contribution in [0.2, 0.25) is 0 Å². The second-order valence-corrected chi connectivity index (χ2v) is 6.69. The van der Waals surface area contributed by atoms with Crippen molar-refractivity contribution < 1.29 is 13.7 Å². The zero-order valence-corrected chi connectivity index (χ0v) is 16.3. The van der Waals surface area contributed by atoms with Gasteiger partial charge >= 0.3 is 6.09 Å². The van der Waals surface area contributed by atoms with E-state index in [1.165, 1.54) is 9.21 Å². The molecule has 0 rings (SSSR count). The topological polar surface area (TPSA) is 38.8 Å². The van der Waals surface area contributed by atoms with Gasteiger partial charge in [-0.3, -0.25) is 0 Å². The van der Waals surface area contributed by atoms with E-state index < -0.39 is 5.60 Å². The van der Waals surface area contributed by atoms with Crippen LogP contribution in [0.15, 0.2) is 0 Å². The van der Waals surface area contributed by atoms with Crippen molar-refractivity contribution in [1.82, 2.24) is 4.90 Å². The SMILES string of the molecule is CC.CC(C)C(COSI)N(C)C(=O)OC(C)(C)C. The molecule has 0 saturated heterocycles. The van der Waals surface area contributed by atoms with Gasteiger partial charge < -0.3 is 13.8 Å². The first kappa shape index (κ1) is 21.6. The minimum atomic E-state index is -0.467. The summed E-state index contributed by atoms with van der Waals surface area (Å²) in [5, 5.41) is 0. The Hall–Kier alpha value is 0.310. The number of amides is 1. The number of rotatable bonds is 5. The molecule has 4 nitrogen and oxygen atoms in total. The quantitative estimate of drug-likeness (QED) is 0.481. The highest BCUT2D eigenvalue weighted by Gasteiger charge is 2.27. The van der Waals surface area contributed by atoms with Gasteiger partial charge in [0.05, 0.1) is 21.9 Å². The molecule has 1 atom stereocenters. The van der Waals surface area contributed by atoms with Gasteiger partial charge in [-0.1, -0.05) is 27.7 Å². The van der Waals surface area contributed by atoms with Crippen LogP contribution >= 0.6 is 30.4 Å². The van der Waals surface area contributed by atoms with E-state index in [-0.39, 0.29) is 12.1 Å². The molecule has 1 unspecified atom stereocenters. The molecule has 116 valence electrons. The molecule has 6 heteroatoms. The van der Waals surface area contributed by atoms with E-state index >= 15 is 0 Å². The van der Waals surface area contributed by atoms with Crippen LogP contribution in [0, 0.1) is 5.92 Å². The molecule has 0 bridgehead atoms. The maximum atomic E-state index is 11.9. The second kappa shape index (κ2) is 11.0. The number of carbonyl (C=O) groups is 1. The summed E-state index contributed by atoms with van der Waals surface area (Å²) in [6, 6.07) is 0.0205. The highest BCUT2D eigenvalue weighted by molar-refractivity contribution is 14.2. The summed E-state index contributed by atoms with van der Waals surface area (Å²) in [6.07, 6.45) is -0.307. The molecule has 0 aliphatic rings. The fraction of sp³-hybridized carbons (Fsp3) is 0.923. The number of ether oxygens (including phenoxy) is 1. The van der Waals surface area contributed by atoms with Crippen molar-refractivity contribution in [1.29, 1.82) is 0 Å². The van der Waals surface area contributed by atoms with Crippen molar-refractivity contribution in [3.63, 3.8) is 0 Å². The van der Waals surface area contributed by atoms with E-state index in [1.54, 1.807) is 11.9 Å². The van der Waals surface area contributed by atoms with Crippen molar-refractivity contribution >= 4 is 36.5 Å². The Bertz CT molecular complexity index is 245. The van der Waals surface area contributed by atoms with Gasteiger partial charge in [-0.25, -0.2) is 4.79 Å². The first-order valence-electron chi connectivity index (χ1n) is 6.55. The van der Waals surface area contributed by atoms with Crippen LogP contribution in [0.4, 0.5) is 4.79 Å². The van der Waals surface area contributed by atoms with Gasteiger partial charge in [-0.15, -0.1) is 0 Å². The molecule has 0 aromatic carbocycles. The molecule has 1 amide bonds. The summed E-state index contributed by atoms with van der Waals surface area (Å²) in [5.74, 6) is 0.316. The molecule has 0 saturated carbocycles. The van der Waals surface area contributed by atoms with E-state index in [1.807, 2.05) is 34.6 Å². The van der Waals surface area contributed by atoms with Gasteiger partial charge in [0.15, 0.2) is 0 Å². The minimum absolute atomic E-state index is 0.0205. The highest BCUT2D eigenvalue weighted by Crippen LogP contribution is 2.19. The van der Waals surface area contributed by atoms with Gasteiger partial charge in [0.25, 0.3) is 0 Å². The molecular weight excluding hydrogens is 377 g/mol. The smallest absolute Gasteiger partial charge is 0.410 e. The monoisotopic (exact) mass is 405 g/mol. The average Bonchev–Trinajstić information content (AvgIpc) is 2.29. The molecule has 0 heterocycles. The molecule has 0 spiro atoms. The van der Waals surface area contributed by atoms with E-state index in [9.17, 15) is 4.79 Å². The first-order valence-corrected chi connectivity index (χ1v) is 9.83. The number of hydrogen-bond acceptors (Lipinski definition) is 4.